The van der Waals surface area contributed by atoms with Gasteiger partial charge in [0.2, 0.25) is 11.8 Å². The van der Waals surface area contributed by atoms with E-state index in [1.165, 1.54) is 17.0 Å². The van der Waals surface area contributed by atoms with Gasteiger partial charge >= 0.3 is 0 Å². The topological polar surface area (TPSA) is 71.1 Å². The average Bonchev–Trinajstić information content (AvgIpc) is 3.41. The second-order valence-electron chi connectivity index (χ2n) is 8.30. The van der Waals surface area contributed by atoms with E-state index in [-0.39, 0.29) is 36.6 Å². The Morgan fingerprint density at radius 1 is 1.26 bits per heavy atom. The van der Waals surface area contributed by atoms with Gasteiger partial charge in [0.05, 0.1) is 16.7 Å². The van der Waals surface area contributed by atoms with E-state index < -0.39 is 29.8 Å². The van der Waals surface area contributed by atoms with E-state index in [0.29, 0.717) is 11.3 Å². The molecule has 2 aromatic carbocycles. The van der Waals surface area contributed by atoms with Gasteiger partial charge in [-0.1, -0.05) is 41.9 Å². The molecule has 1 aromatic heterocycles. The Morgan fingerprint density at radius 2 is 2.03 bits per heavy atom. The molecule has 0 aliphatic carbocycles. The smallest absolute Gasteiger partial charge is 0.243 e. The number of halogens is 3. The first-order chi connectivity index (χ1) is 16.8. The van der Waals surface area contributed by atoms with Crippen LogP contribution in [0.1, 0.15) is 24.5 Å². The number of nitrogens with zero attached hydrogens (tertiary/aromatic N) is 4. The van der Waals surface area contributed by atoms with Gasteiger partial charge in [0.15, 0.2) is 0 Å². The highest BCUT2D eigenvalue weighted by molar-refractivity contribution is 6.30. The molecule has 0 bridgehead atoms. The fourth-order valence-corrected chi connectivity index (χ4v) is 4.52. The number of hydrogen-bond acceptors (Lipinski definition) is 3. The van der Waals surface area contributed by atoms with Crippen molar-refractivity contribution < 1.29 is 18.4 Å². The first-order valence-electron chi connectivity index (χ1n) is 10.9. The van der Waals surface area contributed by atoms with Crippen molar-refractivity contribution in [2.45, 2.75) is 38.6 Å². The minimum Gasteiger partial charge on any atom is -0.350 e. The van der Waals surface area contributed by atoms with E-state index >= 15 is 0 Å². The molecule has 0 radical (unpaired) electrons. The molecule has 2 atom stereocenters. The molecule has 35 heavy (non-hydrogen) atoms. The molecule has 4 rings (SSSR count). The SMILES string of the molecule is [C-]#[N+]N=C(C)c1cn(CC(=O)N2C[C@H](F)C[C@H]2C(=O)NCc2cccc(Cl)c2F)c2ccccc12. The lowest BCUT2D eigenvalue weighted by molar-refractivity contribution is -0.139. The molecule has 180 valence electrons. The van der Waals surface area contributed by atoms with Gasteiger partial charge in [-0.2, -0.15) is 6.57 Å². The minimum absolute atomic E-state index is 0.0618. The van der Waals surface area contributed by atoms with E-state index in [0.717, 1.165) is 10.9 Å². The third-order valence-corrected chi connectivity index (χ3v) is 6.33. The average molecular weight is 498 g/mol. The number of para-hydroxylation sites is 1. The van der Waals surface area contributed by atoms with Crippen LogP contribution in [0.2, 0.25) is 5.02 Å². The van der Waals surface area contributed by atoms with E-state index in [2.05, 4.69) is 15.4 Å². The Kier molecular flexibility index (Phi) is 7.12. The summed E-state index contributed by atoms with van der Waals surface area (Å²) in [6.45, 7) is 8.24. The van der Waals surface area contributed by atoms with E-state index in [4.69, 9.17) is 18.2 Å². The van der Waals surface area contributed by atoms with Crippen LogP contribution in [0.3, 0.4) is 0 Å². The quantitative estimate of drug-likeness (QED) is 0.313. The summed E-state index contributed by atoms with van der Waals surface area (Å²) in [5.74, 6) is -1.62. The third-order valence-electron chi connectivity index (χ3n) is 6.04. The molecule has 1 fully saturated rings. The number of nitrogens with one attached hydrogen (secondary N) is 1. The Labute approximate surface area is 205 Å². The Hall–Kier alpha value is -3.77. The fourth-order valence-electron chi connectivity index (χ4n) is 4.33. The summed E-state index contributed by atoms with van der Waals surface area (Å²) in [4.78, 5) is 30.3. The molecule has 1 aliphatic heterocycles. The summed E-state index contributed by atoms with van der Waals surface area (Å²) in [6, 6.07) is 10.8. The van der Waals surface area contributed by atoms with Gasteiger partial charge in [-0.25, -0.2) is 8.78 Å². The summed E-state index contributed by atoms with van der Waals surface area (Å²) in [5, 5.41) is 7.14. The van der Waals surface area contributed by atoms with Crippen molar-refractivity contribution in [3.63, 3.8) is 0 Å². The number of carbonyl (C=O) groups is 2. The van der Waals surface area contributed by atoms with Crippen LogP contribution in [0.15, 0.2) is 53.8 Å². The minimum atomic E-state index is -1.34. The van der Waals surface area contributed by atoms with Crippen molar-refractivity contribution in [1.29, 1.82) is 0 Å². The molecule has 1 saturated heterocycles. The molecular formula is C25H22ClF2N5O2. The second kappa shape index (κ2) is 10.2. The number of amides is 2. The Bertz CT molecular complexity index is 1360. The molecule has 0 unspecified atom stereocenters. The summed E-state index contributed by atoms with van der Waals surface area (Å²) in [5.41, 5.74) is 2.18. The molecule has 0 saturated carbocycles. The van der Waals surface area contributed by atoms with E-state index in [9.17, 15) is 18.4 Å². The maximum atomic E-state index is 14.3. The molecule has 1 N–H and O–H groups in total. The van der Waals surface area contributed by atoms with Crippen molar-refractivity contribution in [2.24, 2.45) is 5.10 Å². The maximum Gasteiger partial charge on any atom is 0.243 e. The van der Waals surface area contributed by atoms with Crippen LogP contribution in [-0.2, 0) is 22.7 Å². The number of likely N-dealkylation sites (tertiary alicyclic amines) is 1. The largest absolute Gasteiger partial charge is 0.350 e. The first-order valence-corrected chi connectivity index (χ1v) is 11.3. The first kappa shape index (κ1) is 24.4. The second-order valence-corrected chi connectivity index (χ2v) is 8.71. The van der Waals surface area contributed by atoms with Gasteiger partial charge in [0, 0.05) is 41.2 Å². The summed E-state index contributed by atoms with van der Waals surface area (Å²) < 4.78 is 30.2. The number of fused-ring (bicyclic) bond motifs is 1. The standard InChI is InChI=1S/C25H22ClF2N5O2/c1-15(31-29-2)19-13-32(21-9-4-3-7-18(19)21)14-23(34)33-12-17(27)10-22(33)25(35)30-11-16-6-5-8-20(26)24(16)28/h3-9,13,17,22H,10-12,14H2,1H3,(H,30,35)/t17-,22+/m1/s1. The van der Waals surface area contributed by atoms with E-state index in [1.54, 1.807) is 23.8 Å². The Balaban J connectivity index is 1.52. The lowest BCUT2D eigenvalue weighted by atomic mass is 10.1. The van der Waals surface area contributed by atoms with Gasteiger partial charge in [-0.05, 0) is 19.1 Å². The third kappa shape index (κ3) is 5.03. The highest BCUT2D eigenvalue weighted by atomic mass is 35.5. The predicted molar refractivity (Wildman–Crippen MR) is 129 cm³/mol. The van der Waals surface area contributed by atoms with Gasteiger partial charge in [-0.3, -0.25) is 9.59 Å². The zero-order valence-corrected chi connectivity index (χ0v) is 19.6. The fraction of sp³-hybridized carbons (Fsp3) is 0.280. The summed E-state index contributed by atoms with van der Waals surface area (Å²) in [6.07, 6.45) is 0.249. The van der Waals surface area contributed by atoms with Crippen molar-refractivity contribution >= 4 is 40.0 Å². The van der Waals surface area contributed by atoms with Crippen molar-refractivity contribution in [2.75, 3.05) is 6.54 Å². The van der Waals surface area contributed by atoms with Crippen LogP contribution < -0.4 is 5.32 Å². The Morgan fingerprint density at radius 3 is 2.80 bits per heavy atom. The summed E-state index contributed by atoms with van der Waals surface area (Å²) in [7, 11) is 0. The lowest BCUT2D eigenvalue weighted by Gasteiger charge is -2.24. The zero-order valence-electron chi connectivity index (χ0n) is 18.8. The highest BCUT2D eigenvalue weighted by Crippen LogP contribution is 2.25. The lowest BCUT2D eigenvalue weighted by Crippen LogP contribution is -2.46. The number of alkyl halides is 1. The maximum absolute atomic E-state index is 14.3. The van der Waals surface area contributed by atoms with E-state index in [1.807, 2.05) is 24.3 Å². The number of aromatic nitrogens is 1. The van der Waals surface area contributed by atoms with Crippen LogP contribution in [0.25, 0.3) is 15.9 Å². The van der Waals surface area contributed by atoms with Crippen molar-refractivity contribution in [1.82, 2.24) is 14.8 Å². The molecule has 10 heteroatoms. The number of benzene rings is 2. The van der Waals surface area contributed by atoms with Crippen molar-refractivity contribution in [3.8, 4) is 0 Å². The van der Waals surface area contributed by atoms with Crippen LogP contribution in [0.5, 0.6) is 0 Å². The number of carbonyl (C=O) groups excluding carboxylic acids is 2. The molecule has 2 heterocycles. The van der Waals surface area contributed by atoms with Crippen LogP contribution in [0.4, 0.5) is 8.78 Å². The molecule has 1 aliphatic rings. The van der Waals surface area contributed by atoms with Crippen LogP contribution in [0, 0.1) is 12.4 Å². The number of rotatable bonds is 6. The molecule has 3 aromatic rings. The number of hydrogen-bond donors (Lipinski definition) is 1. The van der Waals surface area contributed by atoms with Crippen LogP contribution >= 0.6 is 11.6 Å². The predicted octanol–water partition coefficient (Wildman–Crippen LogP) is 4.33. The van der Waals surface area contributed by atoms with Gasteiger partial charge in [-0.15, -0.1) is 4.95 Å². The van der Waals surface area contributed by atoms with Gasteiger partial charge in [0.1, 0.15) is 30.3 Å². The zero-order chi connectivity index (χ0) is 25.1. The molecule has 0 spiro atoms. The van der Waals surface area contributed by atoms with Crippen molar-refractivity contribution in [3.05, 3.63) is 82.2 Å². The monoisotopic (exact) mass is 497 g/mol. The van der Waals surface area contributed by atoms with Gasteiger partial charge in [0.25, 0.3) is 0 Å². The summed E-state index contributed by atoms with van der Waals surface area (Å²) >= 11 is 5.78. The molecular weight excluding hydrogens is 476 g/mol. The van der Waals surface area contributed by atoms with Crippen LogP contribution in [-0.4, -0.2) is 45.8 Å². The normalized spacial score (nSPS) is 18.0. The molecule has 2 amide bonds. The molecule has 7 nitrogen and oxygen atoms in total. The van der Waals surface area contributed by atoms with Gasteiger partial charge < -0.3 is 14.8 Å². The highest BCUT2D eigenvalue weighted by Gasteiger charge is 2.39.